The Labute approximate surface area is 164 Å². The maximum absolute atomic E-state index is 12.3. The quantitative estimate of drug-likeness (QED) is 0.374. The Balaban J connectivity index is 1.49. The zero-order valence-electron chi connectivity index (χ0n) is 16.0. The summed E-state index contributed by atoms with van der Waals surface area (Å²) in [5, 5.41) is 17.3. The Hall–Kier alpha value is -2.23. The van der Waals surface area contributed by atoms with Gasteiger partial charge in [0.15, 0.2) is 0 Å². The molecule has 2 saturated heterocycles. The molecule has 2 N–H and O–H groups in total. The van der Waals surface area contributed by atoms with Crippen LogP contribution in [0.5, 0.6) is 0 Å². The first kappa shape index (κ1) is 20.5. The molecule has 0 aliphatic carbocycles. The third-order valence-electron chi connectivity index (χ3n) is 5.04. The number of nitro groups is 1. The summed E-state index contributed by atoms with van der Waals surface area (Å²) >= 11 is 0. The lowest BCUT2D eigenvalue weighted by Crippen LogP contribution is -2.38. The van der Waals surface area contributed by atoms with Crippen LogP contribution in [0.25, 0.3) is 0 Å². The van der Waals surface area contributed by atoms with Gasteiger partial charge in [-0.3, -0.25) is 19.8 Å². The first-order valence-electron chi connectivity index (χ1n) is 9.85. The molecule has 2 aliphatic heterocycles. The van der Waals surface area contributed by atoms with E-state index in [9.17, 15) is 14.9 Å². The number of ether oxygens (including phenoxy) is 2. The molecule has 1 unspecified atom stereocenters. The van der Waals surface area contributed by atoms with Crippen LogP contribution in [0, 0.1) is 10.1 Å². The Morgan fingerprint density at radius 1 is 1.29 bits per heavy atom. The second kappa shape index (κ2) is 10.4. The lowest BCUT2D eigenvalue weighted by atomic mass is 10.1. The van der Waals surface area contributed by atoms with Crippen LogP contribution in [0.15, 0.2) is 18.2 Å². The van der Waals surface area contributed by atoms with Gasteiger partial charge in [0.05, 0.1) is 24.2 Å². The molecule has 1 aromatic carbocycles. The fourth-order valence-corrected chi connectivity index (χ4v) is 3.43. The van der Waals surface area contributed by atoms with E-state index < -0.39 is 4.92 Å². The summed E-state index contributed by atoms with van der Waals surface area (Å²) in [6.45, 7) is 6.03. The average molecular weight is 392 g/mol. The molecule has 28 heavy (non-hydrogen) atoms. The summed E-state index contributed by atoms with van der Waals surface area (Å²) in [7, 11) is 0. The van der Waals surface area contributed by atoms with Gasteiger partial charge in [0, 0.05) is 44.4 Å². The molecule has 0 radical (unpaired) electrons. The Kier molecular flexibility index (Phi) is 7.58. The first-order valence-corrected chi connectivity index (χ1v) is 9.85. The first-order chi connectivity index (χ1) is 13.6. The molecule has 9 heteroatoms. The lowest BCUT2D eigenvalue weighted by molar-refractivity contribution is -0.384. The number of benzene rings is 1. The smallest absolute Gasteiger partial charge is 0.293 e. The molecule has 0 bridgehead atoms. The summed E-state index contributed by atoms with van der Waals surface area (Å²) < 4.78 is 10.8. The third-order valence-corrected chi connectivity index (χ3v) is 5.04. The van der Waals surface area contributed by atoms with E-state index in [-0.39, 0.29) is 17.7 Å². The van der Waals surface area contributed by atoms with Crippen molar-refractivity contribution in [2.75, 3.05) is 57.9 Å². The van der Waals surface area contributed by atoms with E-state index in [4.69, 9.17) is 9.47 Å². The van der Waals surface area contributed by atoms with E-state index in [1.54, 1.807) is 12.1 Å². The van der Waals surface area contributed by atoms with E-state index in [0.29, 0.717) is 24.3 Å². The zero-order chi connectivity index (χ0) is 19.8. The number of anilines is 1. The van der Waals surface area contributed by atoms with Crippen molar-refractivity contribution >= 4 is 17.3 Å². The van der Waals surface area contributed by atoms with Gasteiger partial charge in [0.25, 0.3) is 11.6 Å². The van der Waals surface area contributed by atoms with E-state index >= 15 is 0 Å². The molecule has 2 fully saturated rings. The molecule has 1 amide bonds. The molecular formula is C19H28N4O5. The van der Waals surface area contributed by atoms with Gasteiger partial charge < -0.3 is 20.1 Å². The molecule has 0 spiro atoms. The van der Waals surface area contributed by atoms with Crippen LogP contribution in [0.3, 0.4) is 0 Å². The molecule has 3 rings (SSSR count). The largest absolute Gasteiger partial charge is 0.379 e. The minimum Gasteiger partial charge on any atom is -0.379 e. The summed E-state index contributed by atoms with van der Waals surface area (Å²) in [4.78, 5) is 25.6. The highest BCUT2D eigenvalue weighted by atomic mass is 16.6. The normalized spacial score (nSPS) is 20.1. The van der Waals surface area contributed by atoms with Crippen LogP contribution < -0.4 is 10.6 Å². The maximum Gasteiger partial charge on any atom is 0.293 e. The Morgan fingerprint density at radius 3 is 2.82 bits per heavy atom. The van der Waals surface area contributed by atoms with Crippen LogP contribution in [-0.4, -0.2) is 74.4 Å². The second-order valence-electron chi connectivity index (χ2n) is 7.07. The summed E-state index contributed by atoms with van der Waals surface area (Å²) in [6.07, 6.45) is 2.87. The van der Waals surface area contributed by atoms with Crippen LogP contribution in [-0.2, 0) is 9.47 Å². The monoisotopic (exact) mass is 392 g/mol. The van der Waals surface area contributed by atoms with Gasteiger partial charge in [-0.1, -0.05) is 0 Å². The Morgan fingerprint density at radius 2 is 2.11 bits per heavy atom. The molecule has 2 heterocycles. The number of hydrogen-bond acceptors (Lipinski definition) is 7. The number of amides is 1. The summed E-state index contributed by atoms with van der Waals surface area (Å²) in [6, 6.07) is 4.53. The third kappa shape index (κ3) is 5.88. The van der Waals surface area contributed by atoms with Gasteiger partial charge in [-0.25, -0.2) is 0 Å². The molecule has 0 aromatic heterocycles. The lowest BCUT2D eigenvalue weighted by Gasteiger charge is -2.26. The van der Waals surface area contributed by atoms with Crippen molar-refractivity contribution in [1.29, 1.82) is 0 Å². The molecule has 2 aliphatic rings. The standard InChI is InChI=1S/C19H28N4O5/c24-19(20-6-2-7-22-8-11-27-12-9-22)15-4-5-17(18(13-15)23(25)26)21-14-16-3-1-10-28-16/h4-5,13,16,21H,1-3,6-12,14H2,(H,20,24). The molecule has 154 valence electrons. The molecule has 0 saturated carbocycles. The highest BCUT2D eigenvalue weighted by Gasteiger charge is 2.20. The minimum absolute atomic E-state index is 0.0778. The van der Waals surface area contributed by atoms with Crippen molar-refractivity contribution in [2.45, 2.75) is 25.4 Å². The topological polar surface area (TPSA) is 106 Å². The number of nitrogens with zero attached hydrogens (tertiary/aromatic N) is 2. The van der Waals surface area contributed by atoms with E-state index in [1.165, 1.54) is 6.07 Å². The predicted molar refractivity (Wildman–Crippen MR) is 105 cm³/mol. The van der Waals surface area contributed by atoms with Crippen molar-refractivity contribution in [3.63, 3.8) is 0 Å². The SMILES string of the molecule is O=C(NCCCN1CCOCC1)c1ccc(NCC2CCCO2)c([N+](=O)[O-])c1. The van der Waals surface area contributed by atoms with Crippen molar-refractivity contribution in [3.05, 3.63) is 33.9 Å². The summed E-state index contributed by atoms with van der Waals surface area (Å²) in [5.74, 6) is -0.296. The fourth-order valence-electron chi connectivity index (χ4n) is 3.43. The van der Waals surface area contributed by atoms with Gasteiger partial charge in [0.1, 0.15) is 5.69 Å². The van der Waals surface area contributed by atoms with Crippen molar-refractivity contribution in [3.8, 4) is 0 Å². The number of carbonyl (C=O) groups is 1. The number of carbonyl (C=O) groups excluding carboxylic acids is 1. The second-order valence-corrected chi connectivity index (χ2v) is 7.07. The molecule has 9 nitrogen and oxygen atoms in total. The predicted octanol–water partition coefficient (Wildman–Crippen LogP) is 1.64. The number of rotatable bonds is 9. The molecular weight excluding hydrogens is 364 g/mol. The van der Waals surface area contributed by atoms with E-state index in [2.05, 4.69) is 15.5 Å². The number of hydrogen-bond donors (Lipinski definition) is 2. The van der Waals surface area contributed by atoms with Gasteiger partial charge in [-0.2, -0.15) is 0 Å². The Bertz CT molecular complexity index is 672. The number of nitrogens with one attached hydrogen (secondary N) is 2. The van der Waals surface area contributed by atoms with Crippen molar-refractivity contribution in [2.24, 2.45) is 0 Å². The maximum atomic E-state index is 12.3. The van der Waals surface area contributed by atoms with Crippen LogP contribution in [0.1, 0.15) is 29.6 Å². The number of morpholine rings is 1. The van der Waals surface area contributed by atoms with Gasteiger partial charge in [0.2, 0.25) is 0 Å². The van der Waals surface area contributed by atoms with E-state index in [1.807, 2.05) is 0 Å². The van der Waals surface area contributed by atoms with E-state index in [0.717, 1.165) is 58.7 Å². The molecule has 1 atom stereocenters. The van der Waals surface area contributed by atoms with Crippen LogP contribution in [0.2, 0.25) is 0 Å². The fraction of sp³-hybridized carbons (Fsp3) is 0.632. The molecule has 1 aromatic rings. The average Bonchev–Trinajstić information content (AvgIpc) is 3.24. The van der Waals surface area contributed by atoms with Crippen LogP contribution in [0.4, 0.5) is 11.4 Å². The number of nitro benzene ring substituents is 1. The zero-order valence-corrected chi connectivity index (χ0v) is 16.0. The summed E-state index contributed by atoms with van der Waals surface area (Å²) in [5.41, 5.74) is 0.601. The van der Waals surface area contributed by atoms with Gasteiger partial charge in [-0.05, 0) is 37.9 Å². The van der Waals surface area contributed by atoms with Crippen LogP contribution >= 0.6 is 0 Å². The van der Waals surface area contributed by atoms with Crippen molar-refractivity contribution in [1.82, 2.24) is 10.2 Å². The van der Waals surface area contributed by atoms with Gasteiger partial charge in [-0.15, -0.1) is 0 Å². The highest BCUT2D eigenvalue weighted by molar-refractivity contribution is 5.95. The van der Waals surface area contributed by atoms with Crippen molar-refractivity contribution < 1.29 is 19.2 Å². The minimum atomic E-state index is -0.465. The van der Waals surface area contributed by atoms with Gasteiger partial charge >= 0.3 is 0 Å². The highest BCUT2D eigenvalue weighted by Crippen LogP contribution is 2.26.